The van der Waals surface area contributed by atoms with E-state index < -0.39 is 11.9 Å². The molecule has 2 saturated carbocycles. The maximum Gasteiger partial charge on any atom is 0.307 e. The first-order chi connectivity index (χ1) is 10.1. The van der Waals surface area contributed by atoms with E-state index in [-0.39, 0.29) is 11.8 Å². The summed E-state index contributed by atoms with van der Waals surface area (Å²) in [4.78, 5) is 27.4. The summed E-state index contributed by atoms with van der Waals surface area (Å²) in [5.41, 5.74) is 0. The predicted octanol–water partition coefficient (Wildman–Crippen LogP) is 2.99. The molecule has 0 aromatic carbocycles. The fraction of sp³-hybridized carbons (Fsp3) is 0.625. The maximum atomic E-state index is 12.9. The van der Waals surface area contributed by atoms with Gasteiger partial charge in [-0.3, -0.25) is 9.59 Å². The van der Waals surface area contributed by atoms with Crippen LogP contribution in [0.1, 0.15) is 37.5 Å². The molecule has 0 radical (unpaired) electrons. The van der Waals surface area contributed by atoms with E-state index in [2.05, 4.69) is 0 Å². The van der Waals surface area contributed by atoms with Crippen molar-refractivity contribution in [1.82, 2.24) is 4.90 Å². The molecule has 0 bridgehead atoms. The highest BCUT2D eigenvalue weighted by Gasteiger charge is 2.45. The van der Waals surface area contributed by atoms with Gasteiger partial charge in [-0.15, -0.1) is 11.3 Å². The zero-order chi connectivity index (χ0) is 15.0. The number of hydrogen-bond acceptors (Lipinski definition) is 3. The van der Waals surface area contributed by atoms with Gasteiger partial charge in [-0.05, 0) is 43.0 Å². The fourth-order valence-electron chi connectivity index (χ4n) is 3.39. The first kappa shape index (κ1) is 14.6. The van der Waals surface area contributed by atoms with Gasteiger partial charge in [0.05, 0.1) is 18.4 Å². The molecule has 3 atom stereocenters. The molecule has 1 amide bonds. The number of carbonyl (C=O) groups is 2. The van der Waals surface area contributed by atoms with Crippen LogP contribution >= 0.6 is 11.3 Å². The van der Waals surface area contributed by atoms with E-state index in [1.165, 1.54) is 4.88 Å². The summed E-state index contributed by atoms with van der Waals surface area (Å²) in [6.07, 6.45) is 3.45. The number of carboxylic acid groups (broad SMARTS) is 1. The summed E-state index contributed by atoms with van der Waals surface area (Å²) < 4.78 is 0. The second-order valence-corrected chi connectivity index (χ2v) is 7.44. The number of carboxylic acids is 1. The third-order valence-corrected chi connectivity index (χ3v) is 5.47. The normalized spacial score (nSPS) is 28.5. The van der Waals surface area contributed by atoms with E-state index in [1.54, 1.807) is 11.3 Å². The maximum absolute atomic E-state index is 12.9. The second-order valence-electron chi connectivity index (χ2n) is 6.40. The lowest BCUT2D eigenvalue weighted by Gasteiger charge is -2.27. The van der Waals surface area contributed by atoms with Gasteiger partial charge in [-0.1, -0.05) is 13.0 Å². The molecule has 1 N–H and O–H groups in total. The van der Waals surface area contributed by atoms with Crippen LogP contribution in [0.5, 0.6) is 0 Å². The molecule has 5 heteroatoms. The van der Waals surface area contributed by atoms with E-state index in [0.29, 0.717) is 31.3 Å². The number of nitrogens with zero attached hydrogens (tertiary/aromatic N) is 1. The van der Waals surface area contributed by atoms with Gasteiger partial charge in [-0.25, -0.2) is 0 Å². The lowest BCUT2D eigenvalue weighted by atomic mass is 9.94. The van der Waals surface area contributed by atoms with E-state index in [9.17, 15) is 14.7 Å². The number of amides is 1. The van der Waals surface area contributed by atoms with Gasteiger partial charge < -0.3 is 10.0 Å². The van der Waals surface area contributed by atoms with Crippen molar-refractivity contribution >= 4 is 23.2 Å². The number of aliphatic carboxylic acids is 1. The highest BCUT2D eigenvalue weighted by Crippen LogP contribution is 2.40. The Hall–Kier alpha value is -1.36. The number of carbonyl (C=O) groups excluding carboxylic acids is 1. The summed E-state index contributed by atoms with van der Waals surface area (Å²) in [5, 5.41) is 11.4. The molecule has 2 fully saturated rings. The first-order valence-electron chi connectivity index (χ1n) is 7.62. The van der Waals surface area contributed by atoms with Gasteiger partial charge in [0.15, 0.2) is 0 Å². The monoisotopic (exact) mass is 307 g/mol. The minimum atomic E-state index is -0.815. The third-order valence-electron chi connectivity index (χ3n) is 4.61. The van der Waals surface area contributed by atoms with Crippen LogP contribution in [0.3, 0.4) is 0 Å². The largest absolute Gasteiger partial charge is 0.481 e. The Labute approximate surface area is 128 Å². The Morgan fingerprint density at radius 3 is 2.62 bits per heavy atom. The zero-order valence-corrected chi connectivity index (χ0v) is 13.0. The molecule has 0 saturated heterocycles. The SMILES string of the molecule is CC1CC(C(=O)O)C(C(=O)N(Cc2cccs2)C2CC2)C1. The molecule has 3 unspecified atom stereocenters. The smallest absolute Gasteiger partial charge is 0.307 e. The zero-order valence-electron chi connectivity index (χ0n) is 12.2. The van der Waals surface area contributed by atoms with Crippen LogP contribution in [-0.2, 0) is 16.1 Å². The number of hydrogen-bond donors (Lipinski definition) is 1. The lowest BCUT2D eigenvalue weighted by Crippen LogP contribution is -2.40. The van der Waals surface area contributed by atoms with Crippen molar-refractivity contribution in [2.45, 2.75) is 45.2 Å². The molecule has 0 spiro atoms. The third kappa shape index (κ3) is 3.12. The van der Waals surface area contributed by atoms with Gasteiger partial charge in [0, 0.05) is 10.9 Å². The Morgan fingerprint density at radius 1 is 1.33 bits per heavy atom. The molecular weight excluding hydrogens is 286 g/mol. The highest BCUT2D eigenvalue weighted by molar-refractivity contribution is 7.09. The van der Waals surface area contributed by atoms with Crippen LogP contribution in [0.15, 0.2) is 17.5 Å². The molecule has 2 aliphatic carbocycles. The van der Waals surface area contributed by atoms with E-state index in [4.69, 9.17) is 0 Å². The van der Waals surface area contributed by atoms with Crippen molar-refractivity contribution < 1.29 is 14.7 Å². The van der Waals surface area contributed by atoms with Crippen LogP contribution < -0.4 is 0 Å². The van der Waals surface area contributed by atoms with Crippen molar-refractivity contribution in [3.8, 4) is 0 Å². The first-order valence-corrected chi connectivity index (χ1v) is 8.50. The quantitative estimate of drug-likeness (QED) is 0.910. The van der Waals surface area contributed by atoms with E-state index >= 15 is 0 Å². The van der Waals surface area contributed by atoms with Gasteiger partial charge >= 0.3 is 5.97 Å². The minimum Gasteiger partial charge on any atom is -0.481 e. The molecule has 2 aliphatic rings. The topological polar surface area (TPSA) is 57.6 Å². The van der Waals surface area contributed by atoms with Gasteiger partial charge in [-0.2, -0.15) is 0 Å². The fourth-order valence-corrected chi connectivity index (χ4v) is 4.10. The lowest BCUT2D eigenvalue weighted by molar-refractivity contribution is -0.149. The molecule has 0 aliphatic heterocycles. The van der Waals surface area contributed by atoms with Crippen LogP contribution in [-0.4, -0.2) is 27.9 Å². The van der Waals surface area contributed by atoms with E-state index in [1.807, 2.05) is 29.3 Å². The predicted molar refractivity (Wildman–Crippen MR) is 80.9 cm³/mol. The van der Waals surface area contributed by atoms with Crippen LogP contribution in [0.25, 0.3) is 0 Å². The molecule has 21 heavy (non-hydrogen) atoms. The van der Waals surface area contributed by atoms with Crippen molar-refractivity contribution in [3.05, 3.63) is 22.4 Å². The Morgan fingerprint density at radius 2 is 2.05 bits per heavy atom. The number of thiophene rings is 1. The molecule has 1 aromatic heterocycles. The molecule has 1 aromatic rings. The average molecular weight is 307 g/mol. The minimum absolute atomic E-state index is 0.0580. The number of rotatable bonds is 5. The summed E-state index contributed by atoms with van der Waals surface area (Å²) >= 11 is 1.65. The second kappa shape index (κ2) is 5.79. The Balaban J connectivity index is 1.75. The molecule has 114 valence electrons. The summed E-state index contributed by atoms with van der Waals surface area (Å²) in [7, 11) is 0. The summed E-state index contributed by atoms with van der Waals surface area (Å²) in [5.74, 6) is -1.27. The molecule has 4 nitrogen and oxygen atoms in total. The van der Waals surface area contributed by atoms with Crippen molar-refractivity contribution in [3.63, 3.8) is 0 Å². The molecule has 1 heterocycles. The Kier molecular flexibility index (Phi) is 4.02. The van der Waals surface area contributed by atoms with Crippen LogP contribution in [0.4, 0.5) is 0 Å². The average Bonchev–Trinajstić information content (AvgIpc) is 2.99. The van der Waals surface area contributed by atoms with Crippen molar-refractivity contribution in [2.75, 3.05) is 0 Å². The van der Waals surface area contributed by atoms with Crippen LogP contribution in [0.2, 0.25) is 0 Å². The highest BCUT2D eigenvalue weighted by atomic mass is 32.1. The van der Waals surface area contributed by atoms with E-state index in [0.717, 1.165) is 12.8 Å². The standard InChI is InChI=1S/C16H21NO3S/c1-10-7-13(14(8-10)16(19)20)15(18)17(11-4-5-11)9-12-3-2-6-21-12/h2-3,6,10-11,13-14H,4-5,7-9H2,1H3,(H,19,20). The Bertz CT molecular complexity index is 524. The van der Waals surface area contributed by atoms with Gasteiger partial charge in [0.25, 0.3) is 0 Å². The van der Waals surface area contributed by atoms with Crippen LogP contribution in [0, 0.1) is 17.8 Å². The molecular formula is C16H21NO3S. The summed E-state index contributed by atoms with van der Waals surface area (Å²) in [6, 6.07) is 4.36. The van der Waals surface area contributed by atoms with Crippen molar-refractivity contribution in [2.24, 2.45) is 17.8 Å². The van der Waals surface area contributed by atoms with Gasteiger partial charge in [0.2, 0.25) is 5.91 Å². The summed E-state index contributed by atoms with van der Waals surface area (Å²) in [6.45, 7) is 2.68. The molecule has 3 rings (SSSR count). The van der Waals surface area contributed by atoms with Gasteiger partial charge in [0.1, 0.15) is 0 Å². The van der Waals surface area contributed by atoms with Crippen molar-refractivity contribution in [1.29, 1.82) is 0 Å².